The summed E-state index contributed by atoms with van der Waals surface area (Å²) in [5.41, 5.74) is 0.120. The molecule has 0 aromatic heterocycles. The molecule has 0 aliphatic heterocycles. The molecule has 1 aromatic rings. The van der Waals surface area contributed by atoms with Gasteiger partial charge in [-0.15, -0.1) is 0 Å². The van der Waals surface area contributed by atoms with E-state index in [-0.39, 0.29) is 18.2 Å². The van der Waals surface area contributed by atoms with Crippen molar-refractivity contribution in [3.8, 4) is 0 Å². The normalized spacial score (nSPS) is 23.8. The van der Waals surface area contributed by atoms with E-state index in [4.69, 9.17) is 0 Å². The minimum absolute atomic E-state index is 0.120. The van der Waals surface area contributed by atoms with Gasteiger partial charge in [0.2, 0.25) is 0 Å². The van der Waals surface area contributed by atoms with Crippen LogP contribution < -0.4 is 0 Å². The molecule has 2 rings (SSSR count). The van der Waals surface area contributed by atoms with E-state index in [1.54, 1.807) is 0 Å². The van der Waals surface area contributed by atoms with Gasteiger partial charge < -0.3 is 10.0 Å². The summed E-state index contributed by atoms with van der Waals surface area (Å²) in [7, 11) is 1.84. The molecule has 2 nitrogen and oxygen atoms in total. The zero-order chi connectivity index (χ0) is 12.4. The molecule has 1 aliphatic rings. The molecule has 1 aromatic carbocycles. The van der Waals surface area contributed by atoms with E-state index >= 15 is 0 Å². The topological polar surface area (TPSA) is 23.5 Å². The van der Waals surface area contributed by atoms with Gasteiger partial charge in [0.05, 0.1) is 6.10 Å². The number of halogens is 2. The molecule has 0 spiro atoms. The van der Waals surface area contributed by atoms with E-state index in [0.717, 1.165) is 19.4 Å². The summed E-state index contributed by atoms with van der Waals surface area (Å²) in [6.45, 7) is 1.04. The van der Waals surface area contributed by atoms with E-state index in [1.807, 2.05) is 11.9 Å². The molecular weight excluding hydrogens is 224 g/mol. The van der Waals surface area contributed by atoms with Gasteiger partial charge >= 0.3 is 0 Å². The fourth-order valence-corrected chi connectivity index (χ4v) is 2.31. The molecule has 1 aliphatic carbocycles. The second kappa shape index (κ2) is 5.10. The number of aliphatic hydroxyl groups is 1. The van der Waals surface area contributed by atoms with Gasteiger partial charge in [0.15, 0.2) is 0 Å². The number of hydrogen-bond acceptors (Lipinski definition) is 2. The Kier molecular flexibility index (Phi) is 3.74. The smallest absolute Gasteiger partial charge is 0.130 e. The fourth-order valence-electron chi connectivity index (χ4n) is 2.31. The Labute approximate surface area is 99.9 Å². The van der Waals surface area contributed by atoms with Crippen molar-refractivity contribution >= 4 is 0 Å². The van der Waals surface area contributed by atoms with Crippen LogP contribution in [0.5, 0.6) is 0 Å². The largest absolute Gasteiger partial charge is 0.393 e. The molecule has 1 N–H and O–H groups in total. The lowest BCUT2D eigenvalue weighted by atomic mass is 9.82. The third-order valence-electron chi connectivity index (χ3n) is 3.27. The Morgan fingerprint density at radius 3 is 2.41 bits per heavy atom. The zero-order valence-electron chi connectivity index (χ0n) is 9.87. The van der Waals surface area contributed by atoms with Gasteiger partial charge in [-0.25, -0.2) is 8.78 Å². The van der Waals surface area contributed by atoms with Gasteiger partial charge in [0.1, 0.15) is 11.6 Å². The third kappa shape index (κ3) is 3.01. The zero-order valence-corrected chi connectivity index (χ0v) is 9.87. The van der Waals surface area contributed by atoms with E-state index in [1.165, 1.54) is 18.2 Å². The lowest BCUT2D eigenvalue weighted by Crippen LogP contribution is -2.37. The minimum Gasteiger partial charge on any atom is -0.393 e. The van der Waals surface area contributed by atoms with Crippen molar-refractivity contribution < 1.29 is 13.9 Å². The predicted molar refractivity (Wildman–Crippen MR) is 61.4 cm³/mol. The summed E-state index contributed by atoms with van der Waals surface area (Å²) in [4.78, 5) is 1.90. The van der Waals surface area contributed by atoms with E-state index in [0.29, 0.717) is 5.92 Å². The summed E-state index contributed by atoms with van der Waals surface area (Å²) < 4.78 is 26.8. The molecule has 1 saturated carbocycles. The Balaban J connectivity index is 1.91. The molecular formula is C13H17F2NO. The van der Waals surface area contributed by atoms with E-state index in [9.17, 15) is 13.9 Å². The van der Waals surface area contributed by atoms with Gasteiger partial charge in [0, 0.05) is 18.7 Å². The van der Waals surface area contributed by atoms with Crippen molar-refractivity contribution in [3.05, 3.63) is 35.4 Å². The monoisotopic (exact) mass is 241 g/mol. The highest BCUT2D eigenvalue weighted by atomic mass is 19.1. The van der Waals surface area contributed by atoms with Crippen LogP contribution in [-0.4, -0.2) is 29.7 Å². The Morgan fingerprint density at radius 2 is 1.88 bits per heavy atom. The second-order valence-electron chi connectivity index (χ2n) is 4.89. The summed E-state index contributed by atoms with van der Waals surface area (Å²) >= 11 is 0. The van der Waals surface area contributed by atoms with Crippen molar-refractivity contribution in [2.24, 2.45) is 5.92 Å². The predicted octanol–water partition coefficient (Wildman–Crippen LogP) is 2.17. The molecule has 4 heteroatoms. The van der Waals surface area contributed by atoms with Gasteiger partial charge in [0.25, 0.3) is 0 Å². The first-order chi connectivity index (χ1) is 8.06. The number of nitrogens with zero attached hydrogens (tertiary/aromatic N) is 1. The Hall–Kier alpha value is -1.00. The summed E-state index contributed by atoms with van der Waals surface area (Å²) in [5.74, 6) is -0.541. The van der Waals surface area contributed by atoms with Crippen molar-refractivity contribution in [1.29, 1.82) is 0 Å². The maximum Gasteiger partial charge on any atom is 0.130 e. The quantitative estimate of drug-likeness (QED) is 0.873. The first-order valence-electron chi connectivity index (χ1n) is 5.85. The van der Waals surface area contributed by atoms with Crippen LogP contribution in [0.2, 0.25) is 0 Å². The molecule has 0 saturated heterocycles. The molecule has 0 heterocycles. The van der Waals surface area contributed by atoms with Crippen LogP contribution in [0.15, 0.2) is 18.2 Å². The summed E-state index contributed by atoms with van der Waals surface area (Å²) in [6, 6.07) is 3.93. The van der Waals surface area contributed by atoms with Crippen LogP contribution in [0, 0.1) is 17.6 Å². The van der Waals surface area contributed by atoms with E-state index in [2.05, 4.69) is 0 Å². The van der Waals surface area contributed by atoms with Crippen LogP contribution in [0.3, 0.4) is 0 Å². The Bertz CT molecular complexity index is 371. The molecule has 17 heavy (non-hydrogen) atoms. The molecule has 94 valence electrons. The minimum atomic E-state index is -0.495. The SMILES string of the molecule is CN(Cc1c(F)cccc1F)CC1CC(O)C1. The van der Waals surface area contributed by atoms with Crippen molar-refractivity contribution in [3.63, 3.8) is 0 Å². The average Bonchev–Trinajstić information content (AvgIpc) is 2.21. The van der Waals surface area contributed by atoms with Crippen LogP contribution in [0.25, 0.3) is 0 Å². The molecule has 0 bridgehead atoms. The first-order valence-corrected chi connectivity index (χ1v) is 5.85. The van der Waals surface area contributed by atoms with Gasteiger partial charge in [-0.2, -0.15) is 0 Å². The van der Waals surface area contributed by atoms with Crippen LogP contribution in [0.4, 0.5) is 8.78 Å². The lowest BCUT2D eigenvalue weighted by molar-refractivity contribution is 0.0271. The number of aliphatic hydroxyl groups excluding tert-OH is 1. The van der Waals surface area contributed by atoms with Gasteiger partial charge in [-0.3, -0.25) is 0 Å². The van der Waals surface area contributed by atoms with Crippen molar-refractivity contribution in [2.45, 2.75) is 25.5 Å². The maximum atomic E-state index is 13.4. The molecule has 0 radical (unpaired) electrons. The lowest BCUT2D eigenvalue weighted by Gasteiger charge is -2.34. The Morgan fingerprint density at radius 1 is 1.29 bits per heavy atom. The summed E-state index contributed by atoms with van der Waals surface area (Å²) in [5, 5.41) is 9.17. The van der Waals surface area contributed by atoms with E-state index < -0.39 is 11.6 Å². The number of hydrogen-bond donors (Lipinski definition) is 1. The second-order valence-corrected chi connectivity index (χ2v) is 4.89. The molecule has 1 fully saturated rings. The first kappa shape index (κ1) is 12.5. The van der Waals surface area contributed by atoms with Crippen molar-refractivity contribution in [1.82, 2.24) is 4.90 Å². The summed E-state index contributed by atoms with van der Waals surface area (Å²) in [6.07, 6.45) is 1.41. The highest BCUT2D eigenvalue weighted by Crippen LogP contribution is 2.28. The number of rotatable bonds is 4. The highest BCUT2D eigenvalue weighted by molar-refractivity contribution is 5.19. The maximum absolute atomic E-state index is 13.4. The molecule has 0 amide bonds. The van der Waals surface area contributed by atoms with Crippen LogP contribution in [0.1, 0.15) is 18.4 Å². The van der Waals surface area contributed by atoms with Crippen LogP contribution in [-0.2, 0) is 6.54 Å². The molecule has 0 unspecified atom stereocenters. The average molecular weight is 241 g/mol. The highest BCUT2D eigenvalue weighted by Gasteiger charge is 2.28. The fraction of sp³-hybridized carbons (Fsp3) is 0.538. The molecule has 0 atom stereocenters. The van der Waals surface area contributed by atoms with Crippen molar-refractivity contribution in [2.75, 3.05) is 13.6 Å². The standard InChI is InChI=1S/C13H17F2NO/c1-16(7-9-5-10(17)6-9)8-11-12(14)3-2-4-13(11)15/h2-4,9-10,17H,5-8H2,1H3. The van der Waals surface area contributed by atoms with Gasteiger partial charge in [-0.1, -0.05) is 6.07 Å². The van der Waals surface area contributed by atoms with Crippen LogP contribution >= 0.6 is 0 Å². The number of benzene rings is 1. The van der Waals surface area contributed by atoms with Gasteiger partial charge in [-0.05, 0) is 37.9 Å². The third-order valence-corrected chi connectivity index (χ3v) is 3.27.